The Hall–Kier alpha value is -0.240. The molecule has 1 heterocycles. The van der Waals surface area contributed by atoms with Crippen molar-refractivity contribution in [3.05, 3.63) is 0 Å². The van der Waals surface area contributed by atoms with Gasteiger partial charge in [-0.1, -0.05) is 25.7 Å². The maximum Gasteiger partial charge on any atom is 0.222 e. The van der Waals surface area contributed by atoms with Gasteiger partial charge in [0.1, 0.15) is 0 Å². The number of carbonyl (C=O) groups excluding carboxylic acids is 1. The zero-order chi connectivity index (χ0) is 12.1. The second kappa shape index (κ2) is 6.63. The van der Waals surface area contributed by atoms with Gasteiger partial charge in [-0.05, 0) is 31.6 Å². The predicted molar refractivity (Wildman–Crippen MR) is 71.3 cm³/mol. The maximum absolute atomic E-state index is 12.2. The second-order valence-electron chi connectivity index (χ2n) is 5.62. The lowest BCUT2D eigenvalue weighted by Gasteiger charge is -2.30. The summed E-state index contributed by atoms with van der Waals surface area (Å²) in [5.74, 6) is 1.03. The van der Waals surface area contributed by atoms with Crippen LogP contribution in [0.25, 0.3) is 0 Å². The third kappa shape index (κ3) is 4.17. The summed E-state index contributed by atoms with van der Waals surface area (Å²) in [4.78, 5) is 14.2. The zero-order valence-corrected chi connectivity index (χ0v) is 11.4. The van der Waals surface area contributed by atoms with Crippen molar-refractivity contribution in [1.82, 2.24) is 4.90 Å². The van der Waals surface area contributed by atoms with Crippen LogP contribution in [-0.4, -0.2) is 29.3 Å². The summed E-state index contributed by atoms with van der Waals surface area (Å²) in [6, 6.07) is 0. The van der Waals surface area contributed by atoms with E-state index in [1.54, 1.807) is 0 Å². The highest BCUT2D eigenvalue weighted by Crippen LogP contribution is 2.26. The van der Waals surface area contributed by atoms with E-state index in [0.717, 1.165) is 32.4 Å². The highest BCUT2D eigenvalue weighted by Gasteiger charge is 2.24. The fourth-order valence-electron chi connectivity index (χ4n) is 3.04. The topological polar surface area (TPSA) is 20.3 Å². The monoisotopic (exact) mass is 257 g/mol. The van der Waals surface area contributed by atoms with Crippen LogP contribution in [-0.2, 0) is 4.79 Å². The molecule has 0 radical (unpaired) electrons. The molecular formula is C14H24ClNO. The third-order valence-electron chi connectivity index (χ3n) is 4.22. The molecule has 1 saturated heterocycles. The predicted octanol–water partition coefficient (Wildman–Crippen LogP) is 3.58. The molecule has 2 nitrogen and oxygen atoms in total. The molecule has 2 rings (SSSR count). The van der Waals surface area contributed by atoms with Gasteiger partial charge in [-0.2, -0.15) is 0 Å². The van der Waals surface area contributed by atoms with Crippen LogP contribution < -0.4 is 0 Å². The highest BCUT2D eigenvalue weighted by molar-refractivity contribution is 6.20. The van der Waals surface area contributed by atoms with Crippen molar-refractivity contribution in [2.75, 3.05) is 13.1 Å². The number of nitrogens with zero attached hydrogens (tertiary/aromatic N) is 1. The van der Waals surface area contributed by atoms with Gasteiger partial charge in [0, 0.05) is 24.9 Å². The molecule has 0 aromatic carbocycles. The number of hydrogen-bond donors (Lipinski definition) is 0. The first-order valence-electron chi connectivity index (χ1n) is 7.17. The number of piperidine rings is 1. The Labute approximate surface area is 110 Å². The Kier molecular flexibility index (Phi) is 5.15. The molecule has 0 spiro atoms. The first-order chi connectivity index (χ1) is 8.25. The molecular weight excluding hydrogens is 234 g/mol. The summed E-state index contributed by atoms with van der Waals surface area (Å²) < 4.78 is 0. The Morgan fingerprint density at radius 3 is 2.18 bits per heavy atom. The molecule has 98 valence electrons. The molecule has 2 fully saturated rings. The fraction of sp³-hybridized carbons (Fsp3) is 0.929. The smallest absolute Gasteiger partial charge is 0.222 e. The van der Waals surface area contributed by atoms with Gasteiger partial charge < -0.3 is 4.90 Å². The van der Waals surface area contributed by atoms with Crippen LogP contribution in [0.2, 0.25) is 0 Å². The van der Waals surface area contributed by atoms with E-state index in [1.165, 1.54) is 38.5 Å². The summed E-state index contributed by atoms with van der Waals surface area (Å²) in [5.41, 5.74) is 0. The van der Waals surface area contributed by atoms with E-state index in [9.17, 15) is 4.79 Å². The molecule has 0 atom stereocenters. The molecule has 1 aliphatic heterocycles. The normalized spacial score (nSPS) is 24.6. The van der Waals surface area contributed by atoms with E-state index in [1.807, 2.05) is 4.90 Å². The van der Waals surface area contributed by atoms with Crippen molar-refractivity contribution < 1.29 is 4.79 Å². The first kappa shape index (κ1) is 13.2. The lowest BCUT2D eigenvalue weighted by molar-refractivity contribution is -0.133. The van der Waals surface area contributed by atoms with Gasteiger partial charge in [0.05, 0.1) is 0 Å². The fourth-order valence-corrected chi connectivity index (χ4v) is 3.24. The van der Waals surface area contributed by atoms with Gasteiger partial charge in [-0.3, -0.25) is 4.79 Å². The molecule has 0 N–H and O–H groups in total. The molecule has 1 saturated carbocycles. The van der Waals surface area contributed by atoms with Gasteiger partial charge in [-0.15, -0.1) is 11.6 Å². The molecule has 0 bridgehead atoms. The average Bonchev–Trinajstić information content (AvgIpc) is 2.58. The lowest BCUT2D eigenvalue weighted by atomic mass is 9.95. The van der Waals surface area contributed by atoms with Gasteiger partial charge >= 0.3 is 0 Å². The van der Waals surface area contributed by atoms with Crippen molar-refractivity contribution in [1.29, 1.82) is 0 Å². The van der Waals surface area contributed by atoms with Crippen LogP contribution in [0.4, 0.5) is 0 Å². The standard InChI is InChI=1S/C14H24ClNO/c15-13-7-9-16(10-8-13)14(17)11-12-5-3-1-2-4-6-12/h12-13H,1-11H2. The number of rotatable bonds is 2. The Morgan fingerprint density at radius 2 is 1.59 bits per heavy atom. The summed E-state index contributed by atoms with van der Waals surface area (Å²) in [5, 5.41) is 0.289. The maximum atomic E-state index is 12.2. The van der Waals surface area contributed by atoms with Gasteiger partial charge in [0.15, 0.2) is 0 Å². The summed E-state index contributed by atoms with van der Waals surface area (Å²) >= 11 is 6.06. The van der Waals surface area contributed by atoms with Crippen molar-refractivity contribution in [3.63, 3.8) is 0 Å². The molecule has 1 amide bonds. The average molecular weight is 258 g/mol. The molecule has 0 unspecified atom stereocenters. The number of hydrogen-bond acceptors (Lipinski definition) is 1. The van der Waals surface area contributed by atoms with Gasteiger partial charge in [0.25, 0.3) is 0 Å². The van der Waals surface area contributed by atoms with E-state index in [0.29, 0.717) is 11.8 Å². The van der Waals surface area contributed by atoms with Crippen LogP contribution in [0.5, 0.6) is 0 Å². The number of likely N-dealkylation sites (tertiary alicyclic amines) is 1. The number of carbonyl (C=O) groups is 1. The van der Waals surface area contributed by atoms with Crippen LogP contribution in [0.15, 0.2) is 0 Å². The Morgan fingerprint density at radius 1 is 1.00 bits per heavy atom. The number of amides is 1. The minimum absolute atomic E-state index is 0.289. The van der Waals surface area contributed by atoms with Crippen molar-refractivity contribution >= 4 is 17.5 Å². The van der Waals surface area contributed by atoms with Crippen LogP contribution in [0.3, 0.4) is 0 Å². The highest BCUT2D eigenvalue weighted by atomic mass is 35.5. The first-order valence-corrected chi connectivity index (χ1v) is 7.61. The molecule has 0 aromatic rings. The summed E-state index contributed by atoms with van der Waals surface area (Å²) in [6.07, 6.45) is 10.6. The van der Waals surface area contributed by atoms with Crippen LogP contribution >= 0.6 is 11.6 Å². The minimum Gasteiger partial charge on any atom is -0.343 e. The quantitative estimate of drug-likeness (QED) is 0.547. The largest absolute Gasteiger partial charge is 0.343 e. The number of alkyl halides is 1. The van der Waals surface area contributed by atoms with E-state index in [-0.39, 0.29) is 5.38 Å². The summed E-state index contributed by atoms with van der Waals surface area (Å²) in [6.45, 7) is 1.75. The SMILES string of the molecule is O=C(CC1CCCCCC1)N1CCC(Cl)CC1. The molecule has 17 heavy (non-hydrogen) atoms. The van der Waals surface area contributed by atoms with Crippen molar-refractivity contribution in [3.8, 4) is 0 Å². The summed E-state index contributed by atoms with van der Waals surface area (Å²) in [7, 11) is 0. The van der Waals surface area contributed by atoms with E-state index in [4.69, 9.17) is 11.6 Å². The molecule has 0 aromatic heterocycles. The lowest BCUT2D eigenvalue weighted by Crippen LogP contribution is -2.39. The second-order valence-corrected chi connectivity index (χ2v) is 6.23. The van der Waals surface area contributed by atoms with Crippen molar-refractivity contribution in [2.45, 2.75) is 63.2 Å². The van der Waals surface area contributed by atoms with Crippen molar-refractivity contribution in [2.24, 2.45) is 5.92 Å². The van der Waals surface area contributed by atoms with Crippen LogP contribution in [0, 0.1) is 5.92 Å². The van der Waals surface area contributed by atoms with E-state index >= 15 is 0 Å². The Balaban J connectivity index is 1.75. The van der Waals surface area contributed by atoms with Crippen LogP contribution in [0.1, 0.15) is 57.8 Å². The molecule has 3 heteroatoms. The van der Waals surface area contributed by atoms with E-state index in [2.05, 4.69) is 0 Å². The van der Waals surface area contributed by atoms with Gasteiger partial charge in [-0.25, -0.2) is 0 Å². The van der Waals surface area contributed by atoms with E-state index < -0.39 is 0 Å². The van der Waals surface area contributed by atoms with Gasteiger partial charge in [0.2, 0.25) is 5.91 Å². The molecule has 2 aliphatic rings. The zero-order valence-electron chi connectivity index (χ0n) is 10.7. The molecule has 1 aliphatic carbocycles. The number of halogens is 1. The third-order valence-corrected chi connectivity index (χ3v) is 4.65. The minimum atomic E-state index is 0.289. The Bertz CT molecular complexity index is 241.